The van der Waals surface area contributed by atoms with Crippen molar-refractivity contribution in [3.63, 3.8) is 0 Å². The van der Waals surface area contributed by atoms with E-state index in [2.05, 4.69) is 5.32 Å². The van der Waals surface area contributed by atoms with Gasteiger partial charge in [-0.3, -0.25) is 0 Å². The summed E-state index contributed by atoms with van der Waals surface area (Å²) in [6.45, 7) is 5.59. The maximum Gasteiger partial charge on any atom is 0.409 e. The lowest BCUT2D eigenvalue weighted by atomic mass is 9.99. The SMILES string of the molecule is Cc1cccc(C)c1OC[C@H](C)NC(=O)O[C@@H]1O[C@H](C(=O)O)[C@@H](O)[C@H](O)[C@H]1O. The number of hydrogen-bond donors (Lipinski definition) is 5. The predicted molar refractivity (Wildman–Crippen MR) is 94.8 cm³/mol. The number of aryl methyl sites for hydroxylation is 2. The van der Waals surface area contributed by atoms with E-state index < -0.39 is 48.8 Å². The van der Waals surface area contributed by atoms with Gasteiger partial charge in [0.1, 0.15) is 30.7 Å². The molecule has 10 nitrogen and oxygen atoms in total. The molecule has 2 rings (SSSR count). The van der Waals surface area contributed by atoms with E-state index >= 15 is 0 Å². The number of hydrogen-bond acceptors (Lipinski definition) is 8. The van der Waals surface area contributed by atoms with Crippen molar-refractivity contribution in [1.82, 2.24) is 5.32 Å². The minimum absolute atomic E-state index is 0.133. The molecule has 10 heteroatoms. The fourth-order valence-electron chi connectivity index (χ4n) is 2.77. The Kier molecular flexibility index (Phi) is 7.19. The molecule has 1 heterocycles. The highest BCUT2D eigenvalue weighted by molar-refractivity contribution is 5.73. The number of carboxylic acids is 1. The zero-order valence-corrected chi connectivity index (χ0v) is 15.7. The van der Waals surface area contributed by atoms with E-state index in [1.807, 2.05) is 32.0 Å². The highest BCUT2D eigenvalue weighted by Gasteiger charge is 2.48. The summed E-state index contributed by atoms with van der Waals surface area (Å²) in [7, 11) is 0. The van der Waals surface area contributed by atoms with Crippen LogP contribution < -0.4 is 10.1 Å². The Bertz CT molecular complexity index is 690. The van der Waals surface area contributed by atoms with Crippen LogP contribution in [-0.2, 0) is 14.3 Å². The quantitative estimate of drug-likeness (QED) is 0.433. The van der Waals surface area contributed by atoms with E-state index in [1.54, 1.807) is 6.92 Å². The number of carbonyl (C=O) groups excluding carboxylic acids is 1. The monoisotopic (exact) mass is 399 g/mol. The second-order valence-corrected chi connectivity index (χ2v) is 6.72. The van der Waals surface area contributed by atoms with Gasteiger partial charge >= 0.3 is 12.1 Å². The lowest BCUT2D eigenvalue weighted by Crippen LogP contribution is -2.61. The normalized spacial score (nSPS) is 28.3. The fourth-order valence-corrected chi connectivity index (χ4v) is 2.77. The van der Waals surface area contributed by atoms with Gasteiger partial charge in [-0.2, -0.15) is 0 Å². The van der Waals surface area contributed by atoms with Crippen molar-refractivity contribution in [2.24, 2.45) is 0 Å². The lowest BCUT2D eigenvalue weighted by Gasteiger charge is -2.38. The van der Waals surface area contributed by atoms with Gasteiger partial charge in [-0.1, -0.05) is 18.2 Å². The summed E-state index contributed by atoms with van der Waals surface area (Å²) in [4.78, 5) is 23.1. The third-order valence-electron chi connectivity index (χ3n) is 4.29. The van der Waals surface area contributed by atoms with Crippen molar-refractivity contribution in [3.05, 3.63) is 29.3 Å². The zero-order chi connectivity index (χ0) is 21.0. The third-order valence-corrected chi connectivity index (χ3v) is 4.29. The Hall–Kier alpha value is -2.40. The van der Waals surface area contributed by atoms with Crippen molar-refractivity contribution < 1.29 is 44.2 Å². The number of para-hydroxylation sites is 1. The first-order valence-electron chi connectivity index (χ1n) is 8.70. The summed E-state index contributed by atoms with van der Waals surface area (Å²) >= 11 is 0. The molecular formula is C18H25NO9. The smallest absolute Gasteiger partial charge is 0.409 e. The molecule has 0 spiro atoms. The largest absolute Gasteiger partial charge is 0.491 e. The minimum Gasteiger partial charge on any atom is -0.491 e. The fraction of sp³-hybridized carbons (Fsp3) is 0.556. The van der Waals surface area contributed by atoms with Crippen LogP contribution >= 0.6 is 0 Å². The molecule has 0 bridgehead atoms. The number of ether oxygens (including phenoxy) is 3. The number of carbonyl (C=O) groups is 2. The molecule has 1 aliphatic rings. The van der Waals surface area contributed by atoms with Crippen molar-refractivity contribution in [2.75, 3.05) is 6.61 Å². The van der Waals surface area contributed by atoms with Crippen LogP contribution in [0.25, 0.3) is 0 Å². The van der Waals surface area contributed by atoms with Crippen LogP contribution in [0.5, 0.6) is 5.75 Å². The zero-order valence-electron chi connectivity index (χ0n) is 15.7. The summed E-state index contributed by atoms with van der Waals surface area (Å²) in [5.74, 6) is -0.861. The summed E-state index contributed by atoms with van der Waals surface area (Å²) in [6, 6.07) is 5.21. The summed E-state index contributed by atoms with van der Waals surface area (Å²) in [5.41, 5.74) is 1.89. The van der Waals surface area contributed by atoms with E-state index in [1.165, 1.54) is 0 Å². The number of nitrogens with one attached hydrogen (secondary N) is 1. The first-order valence-corrected chi connectivity index (χ1v) is 8.70. The van der Waals surface area contributed by atoms with Crippen molar-refractivity contribution in [3.8, 4) is 5.75 Å². The van der Waals surface area contributed by atoms with Crippen LogP contribution in [0.1, 0.15) is 18.1 Å². The number of rotatable bonds is 6. The summed E-state index contributed by atoms with van der Waals surface area (Å²) < 4.78 is 15.5. The number of alkyl carbamates (subject to hydrolysis) is 1. The average molecular weight is 399 g/mol. The molecule has 0 aromatic heterocycles. The number of benzene rings is 1. The molecule has 0 aliphatic carbocycles. The highest BCUT2D eigenvalue weighted by atomic mass is 16.7. The van der Waals surface area contributed by atoms with Gasteiger partial charge in [-0.25, -0.2) is 9.59 Å². The van der Waals surface area contributed by atoms with Gasteiger partial charge in [0, 0.05) is 0 Å². The molecule has 1 aliphatic heterocycles. The topological polar surface area (TPSA) is 155 Å². The number of aliphatic hydroxyl groups excluding tert-OH is 3. The maximum absolute atomic E-state index is 12.0. The van der Waals surface area contributed by atoms with E-state index in [-0.39, 0.29) is 6.61 Å². The van der Waals surface area contributed by atoms with Crippen LogP contribution in [0.4, 0.5) is 4.79 Å². The Labute approximate surface area is 161 Å². The Balaban J connectivity index is 1.89. The molecule has 0 saturated carbocycles. The van der Waals surface area contributed by atoms with E-state index in [4.69, 9.17) is 19.3 Å². The molecular weight excluding hydrogens is 374 g/mol. The van der Waals surface area contributed by atoms with E-state index in [0.29, 0.717) is 5.75 Å². The second-order valence-electron chi connectivity index (χ2n) is 6.72. The molecule has 1 saturated heterocycles. The molecule has 6 atom stereocenters. The second kappa shape index (κ2) is 9.20. The van der Waals surface area contributed by atoms with E-state index in [0.717, 1.165) is 11.1 Å². The van der Waals surface area contributed by atoms with Gasteiger partial charge in [0.2, 0.25) is 6.29 Å². The Morgan fingerprint density at radius 1 is 1.14 bits per heavy atom. The van der Waals surface area contributed by atoms with Crippen LogP contribution in [0.15, 0.2) is 18.2 Å². The Morgan fingerprint density at radius 3 is 2.32 bits per heavy atom. The standard InChI is InChI=1S/C18H25NO9/c1-8-5-4-6-9(2)14(8)26-7-10(3)19-18(25)28-17-13(22)11(20)12(21)15(27-17)16(23)24/h4-6,10-13,15,17,20-22H,7H2,1-3H3,(H,19,25)(H,23,24)/t10-,11-,12-,13+,15-,17-/m0/s1. The van der Waals surface area contributed by atoms with Crippen molar-refractivity contribution in [2.45, 2.75) is 57.5 Å². The predicted octanol–water partition coefficient (Wildman–Crippen LogP) is -0.311. The lowest BCUT2D eigenvalue weighted by molar-refractivity contribution is -0.278. The molecule has 1 aromatic rings. The summed E-state index contributed by atoms with van der Waals surface area (Å²) in [6.07, 6.45) is -10.1. The minimum atomic E-state index is -1.86. The molecule has 0 unspecified atom stereocenters. The van der Waals surface area contributed by atoms with Gasteiger partial charge in [-0.05, 0) is 31.9 Å². The van der Waals surface area contributed by atoms with Crippen LogP contribution in [0, 0.1) is 13.8 Å². The number of aliphatic carboxylic acids is 1. The third kappa shape index (κ3) is 5.10. The molecule has 156 valence electrons. The van der Waals surface area contributed by atoms with Crippen LogP contribution in [0.3, 0.4) is 0 Å². The van der Waals surface area contributed by atoms with E-state index in [9.17, 15) is 24.9 Å². The van der Waals surface area contributed by atoms with Gasteiger partial charge < -0.3 is 40.0 Å². The number of carboxylic acid groups (broad SMARTS) is 1. The van der Waals surface area contributed by atoms with Gasteiger partial charge in [0.25, 0.3) is 0 Å². The molecule has 28 heavy (non-hydrogen) atoms. The molecule has 1 fully saturated rings. The molecule has 1 amide bonds. The Morgan fingerprint density at radius 2 is 1.75 bits per heavy atom. The van der Waals surface area contributed by atoms with Gasteiger partial charge in [0.05, 0.1) is 6.04 Å². The first-order chi connectivity index (χ1) is 13.1. The molecule has 5 N–H and O–H groups in total. The van der Waals surface area contributed by atoms with Gasteiger partial charge in [0.15, 0.2) is 6.10 Å². The number of aliphatic hydroxyl groups is 3. The van der Waals surface area contributed by atoms with Crippen molar-refractivity contribution >= 4 is 12.1 Å². The van der Waals surface area contributed by atoms with Crippen molar-refractivity contribution in [1.29, 1.82) is 0 Å². The first kappa shape index (κ1) is 21.9. The maximum atomic E-state index is 12.0. The molecule has 0 radical (unpaired) electrons. The average Bonchev–Trinajstić information content (AvgIpc) is 2.61. The number of amides is 1. The van der Waals surface area contributed by atoms with Crippen LogP contribution in [-0.4, -0.2) is 75.8 Å². The molecule has 1 aromatic carbocycles. The van der Waals surface area contributed by atoms with Gasteiger partial charge in [-0.15, -0.1) is 0 Å². The van der Waals surface area contributed by atoms with Crippen LogP contribution in [0.2, 0.25) is 0 Å². The summed E-state index contributed by atoms with van der Waals surface area (Å²) in [5, 5.41) is 40.6. The highest BCUT2D eigenvalue weighted by Crippen LogP contribution is 2.23.